The van der Waals surface area contributed by atoms with Crippen molar-refractivity contribution in [1.82, 2.24) is 4.90 Å². The summed E-state index contributed by atoms with van der Waals surface area (Å²) >= 11 is 0. The number of hydrogen-bond donors (Lipinski definition) is 0. The van der Waals surface area contributed by atoms with Gasteiger partial charge in [0.1, 0.15) is 0 Å². The SMILES string of the molecule is CN1CCC[C@@H](C2CCOCC2)C1. The van der Waals surface area contributed by atoms with Gasteiger partial charge >= 0.3 is 0 Å². The van der Waals surface area contributed by atoms with Crippen molar-refractivity contribution in [3.05, 3.63) is 0 Å². The molecule has 76 valence electrons. The van der Waals surface area contributed by atoms with E-state index in [1.54, 1.807) is 0 Å². The van der Waals surface area contributed by atoms with Gasteiger partial charge in [-0.2, -0.15) is 0 Å². The third kappa shape index (κ3) is 2.44. The van der Waals surface area contributed by atoms with Crippen molar-refractivity contribution in [2.24, 2.45) is 11.8 Å². The molecule has 2 aliphatic heterocycles. The van der Waals surface area contributed by atoms with E-state index in [1.807, 2.05) is 0 Å². The summed E-state index contributed by atoms with van der Waals surface area (Å²) in [4.78, 5) is 2.49. The first-order valence-electron chi connectivity index (χ1n) is 5.62. The molecule has 0 aromatic heterocycles. The summed E-state index contributed by atoms with van der Waals surface area (Å²) in [6.07, 6.45) is 5.46. The molecule has 2 saturated heterocycles. The minimum atomic E-state index is 0.955. The molecule has 13 heavy (non-hydrogen) atoms. The molecule has 1 atom stereocenters. The van der Waals surface area contributed by atoms with Crippen LogP contribution in [0.3, 0.4) is 0 Å². The van der Waals surface area contributed by atoms with Gasteiger partial charge in [-0.3, -0.25) is 0 Å². The van der Waals surface area contributed by atoms with Gasteiger partial charge in [0.15, 0.2) is 0 Å². The van der Waals surface area contributed by atoms with E-state index >= 15 is 0 Å². The zero-order valence-corrected chi connectivity index (χ0v) is 8.67. The zero-order chi connectivity index (χ0) is 9.10. The van der Waals surface area contributed by atoms with Gasteiger partial charge in [0, 0.05) is 19.8 Å². The Morgan fingerprint density at radius 3 is 2.54 bits per heavy atom. The number of likely N-dealkylation sites (tertiary alicyclic amines) is 1. The summed E-state index contributed by atoms with van der Waals surface area (Å²) in [6, 6.07) is 0. The highest BCUT2D eigenvalue weighted by molar-refractivity contribution is 4.78. The lowest BCUT2D eigenvalue weighted by Crippen LogP contribution is -2.37. The van der Waals surface area contributed by atoms with Crippen LogP contribution in [0.1, 0.15) is 25.7 Å². The summed E-state index contributed by atoms with van der Waals surface area (Å²) < 4.78 is 5.40. The Kier molecular flexibility index (Phi) is 3.23. The number of ether oxygens (including phenoxy) is 1. The van der Waals surface area contributed by atoms with Crippen LogP contribution in [0.4, 0.5) is 0 Å². The molecule has 0 aromatic carbocycles. The van der Waals surface area contributed by atoms with Gasteiger partial charge in [0.25, 0.3) is 0 Å². The summed E-state index contributed by atoms with van der Waals surface area (Å²) in [7, 11) is 2.26. The van der Waals surface area contributed by atoms with Crippen LogP contribution in [0.15, 0.2) is 0 Å². The Labute approximate surface area is 81.3 Å². The van der Waals surface area contributed by atoms with Gasteiger partial charge in [0.05, 0.1) is 0 Å². The van der Waals surface area contributed by atoms with E-state index in [0.29, 0.717) is 0 Å². The third-order valence-electron chi connectivity index (χ3n) is 3.59. The van der Waals surface area contributed by atoms with Crippen LogP contribution in [0.2, 0.25) is 0 Å². The number of nitrogens with zero attached hydrogens (tertiary/aromatic N) is 1. The highest BCUT2D eigenvalue weighted by Crippen LogP contribution is 2.30. The van der Waals surface area contributed by atoms with Crippen molar-refractivity contribution in [3.8, 4) is 0 Å². The third-order valence-corrected chi connectivity index (χ3v) is 3.59. The molecule has 2 heteroatoms. The van der Waals surface area contributed by atoms with Gasteiger partial charge in [-0.05, 0) is 51.1 Å². The molecule has 0 aliphatic carbocycles. The smallest absolute Gasteiger partial charge is 0.0468 e. The molecule has 0 aromatic rings. The minimum Gasteiger partial charge on any atom is -0.381 e. The van der Waals surface area contributed by atoms with Crippen molar-refractivity contribution < 1.29 is 4.74 Å². The molecular formula is C11H21NO. The fourth-order valence-electron chi connectivity index (χ4n) is 2.78. The maximum absolute atomic E-state index is 5.40. The van der Waals surface area contributed by atoms with Crippen molar-refractivity contribution >= 4 is 0 Å². The van der Waals surface area contributed by atoms with Gasteiger partial charge in [-0.15, -0.1) is 0 Å². The van der Waals surface area contributed by atoms with Crippen molar-refractivity contribution in [2.45, 2.75) is 25.7 Å². The first kappa shape index (κ1) is 9.47. The van der Waals surface area contributed by atoms with E-state index in [1.165, 1.54) is 38.8 Å². The average Bonchev–Trinajstić information content (AvgIpc) is 2.19. The fraction of sp³-hybridized carbons (Fsp3) is 1.00. The zero-order valence-electron chi connectivity index (χ0n) is 8.67. The molecule has 2 nitrogen and oxygen atoms in total. The first-order valence-corrected chi connectivity index (χ1v) is 5.62. The van der Waals surface area contributed by atoms with E-state index < -0.39 is 0 Å². The normalized spacial score (nSPS) is 33.5. The second kappa shape index (κ2) is 4.43. The minimum absolute atomic E-state index is 0.955. The molecular weight excluding hydrogens is 162 g/mol. The Morgan fingerprint density at radius 2 is 1.85 bits per heavy atom. The Morgan fingerprint density at radius 1 is 1.08 bits per heavy atom. The number of hydrogen-bond acceptors (Lipinski definition) is 2. The molecule has 0 saturated carbocycles. The lowest BCUT2D eigenvalue weighted by atomic mass is 9.81. The van der Waals surface area contributed by atoms with E-state index in [9.17, 15) is 0 Å². The summed E-state index contributed by atoms with van der Waals surface area (Å²) in [5, 5.41) is 0. The first-order chi connectivity index (χ1) is 6.36. The molecule has 2 rings (SSSR count). The number of piperidine rings is 1. The highest BCUT2D eigenvalue weighted by Gasteiger charge is 2.26. The largest absolute Gasteiger partial charge is 0.381 e. The molecule has 0 N–H and O–H groups in total. The van der Waals surface area contributed by atoms with Crippen molar-refractivity contribution in [3.63, 3.8) is 0 Å². The van der Waals surface area contributed by atoms with Crippen molar-refractivity contribution in [2.75, 3.05) is 33.4 Å². The Balaban J connectivity index is 1.83. The van der Waals surface area contributed by atoms with Crippen LogP contribution in [0.5, 0.6) is 0 Å². The predicted octanol–water partition coefficient (Wildman–Crippen LogP) is 1.75. The van der Waals surface area contributed by atoms with Gasteiger partial charge < -0.3 is 9.64 Å². The van der Waals surface area contributed by atoms with Crippen LogP contribution < -0.4 is 0 Å². The van der Waals surface area contributed by atoms with Gasteiger partial charge in [0.2, 0.25) is 0 Å². The molecule has 2 heterocycles. The molecule has 2 aliphatic rings. The molecule has 0 spiro atoms. The quantitative estimate of drug-likeness (QED) is 0.614. The van der Waals surface area contributed by atoms with Gasteiger partial charge in [-0.1, -0.05) is 0 Å². The predicted molar refractivity (Wildman–Crippen MR) is 53.8 cm³/mol. The van der Waals surface area contributed by atoms with Gasteiger partial charge in [-0.25, -0.2) is 0 Å². The average molecular weight is 183 g/mol. The number of rotatable bonds is 1. The Bertz CT molecular complexity index is 154. The lowest BCUT2D eigenvalue weighted by molar-refractivity contribution is 0.0302. The molecule has 0 amide bonds. The Hall–Kier alpha value is -0.0800. The standard InChI is InChI=1S/C11H21NO/c1-12-6-2-3-11(9-12)10-4-7-13-8-5-10/h10-11H,2-9H2,1H3/t11-/m1/s1. The second-order valence-corrected chi connectivity index (χ2v) is 4.61. The molecule has 0 bridgehead atoms. The van der Waals surface area contributed by atoms with E-state index in [-0.39, 0.29) is 0 Å². The van der Waals surface area contributed by atoms with Crippen LogP contribution in [-0.2, 0) is 4.74 Å². The van der Waals surface area contributed by atoms with Crippen molar-refractivity contribution in [1.29, 1.82) is 0 Å². The summed E-state index contributed by atoms with van der Waals surface area (Å²) in [5.41, 5.74) is 0. The van der Waals surface area contributed by atoms with Crippen LogP contribution >= 0.6 is 0 Å². The maximum Gasteiger partial charge on any atom is 0.0468 e. The summed E-state index contributed by atoms with van der Waals surface area (Å²) in [5.74, 6) is 1.92. The topological polar surface area (TPSA) is 12.5 Å². The van der Waals surface area contributed by atoms with E-state index in [4.69, 9.17) is 4.74 Å². The van der Waals surface area contributed by atoms with Crippen LogP contribution in [-0.4, -0.2) is 38.3 Å². The highest BCUT2D eigenvalue weighted by atomic mass is 16.5. The monoisotopic (exact) mass is 183 g/mol. The summed E-state index contributed by atoms with van der Waals surface area (Å²) in [6.45, 7) is 4.64. The molecule has 2 fully saturated rings. The fourth-order valence-corrected chi connectivity index (χ4v) is 2.78. The van der Waals surface area contributed by atoms with Crippen LogP contribution in [0, 0.1) is 11.8 Å². The molecule has 0 radical (unpaired) electrons. The van der Waals surface area contributed by atoms with Crippen LogP contribution in [0.25, 0.3) is 0 Å². The van der Waals surface area contributed by atoms with E-state index in [0.717, 1.165) is 25.0 Å². The lowest BCUT2D eigenvalue weighted by Gasteiger charge is -2.36. The van der Waals surface area contributed by atoms with E-state index in [2.05, 4.69) is 11.9 Å². The molecule has 0 unspecified atom stereocenters. The second-order valence-electron chi connectivity index (χ2n) is 4.61. The maximum atomic E-state index is 5.40.